The highest BCUT2D eigenvalue weighted by atomic mass is 32.1. The number of aliphatic hydroxyl groups is 3. The van der Waals surface area contributed by atoms with Crippen LogP contribution in [0.2, 0.25) is 0 Å². The smallest absolute Gasteiger partial charge is 0.322 e. The van der Waals surface area contributed by atoms with Crippen molar-refractivity contribution in [3.8, 4) is 11.4 Å². The molecule has 0 spiro atoms. The van der Waals surface area contributed by atoms with Gasteiger partial charge in [-0.3, -0.25) is 4.79 Å². The van der Waals surface area contributed by atoms with Gasteiger partial charge in [-0.2, -0.15) is 4.98 Å². The van der Waals surface area contributed by atoms with Gasteiger partial charge in [-0.25, -0.2) is 0 Å². The number of aliphatic carboxylic acids is 1. The molecule has 2 rings (SSSR count). The highest BCUT2D eigenvalue weighted by Gasteiger charge is 2.15. The number of nitrogens with zero attached hydrogens (tertiary/aromatic N) is 2. The van der Waals surface area contributed by atoms with E-state index in [2.05, 4.69) is 15.5 Å². The first-order valence-corrected chi connectivity index (χ1v) is 10.5. The number of nitrogens with two attached hydrogens (primary N) is 3. The van der Waals surface area contributed by atoms with Crippen LogP contribution in [0.25, 0.3) is 11.4 Å². The van der Waals surface area contributed by atoms with Gasteiger partial charge < -0.3 is 47.5 Å². The second-order valence-electron chi connectivity index (χ2n) is 6.13. The molecule has 0 aliphatic heterocycles. The summed E-state index contributed by atoms with van der Waals surface area (Å²) in [6.07, 6.45) is 0.464. The van der Waals surface area contributed by atoms with Crippen LogP contribution >= 0.6 is 12.2 Å². The Hall–Kier alpha value is -2.52. The minimum absolute atomic E-state index is 0.0802. The molecule has 0 amide bonds. The van der Waals surface area contributed by atoms with Crippen molar-refractivity contribution in [1.82, 2.24) is 15.5 Å². The fraction of sp³-hybridized carbons (Fsp3) is 0.500. The summed E-state index contributed by atoms with van der Waals surface area (Å²) in [5.41, 5.74) is 15.2. The Morgan fingerprint density at radius 1 is 1.06 bits per heavy atom. The normalized spacial score (nSPS) is 10.3. The van der Waals surface area contributed by atoms with Crippen LogP contribution in [0.4, 0.5) is 0 Å². The van der Waals surface area contributed by atoms with Crippen LogP contribution in [0.5, 0.6) is 0 Å². The Bertz CT molecular complexity index is 719. The molecular formula is C20H36N6O6S. The minimum atomic E-state index is -0.950. The van der Waals surface area contributed by atoms with Crippen molar-refractivity contribution in [2.75, 3.05) is 46.0 Å². The number of carboxylic acids is 1. The maximum atomic E-state index is 10.5. The van der Waals surface area contributed by atoms with Crippen molar-refractivity contribution in [3.63, 3.8) is 0 Å². The second-order valence-corrected chi connectivity index (χ2v) is 6.57. The number of hydrogen-bond acceptors (Lipinski definition) is 11. The van der Waals surface area contributed by atoms with Crippen LogP contribution in [-0.4, -0.2) is 87.5 Å². The van der Waals surface area contributed by atoms with Gasteiger partial charge in [-0.1, -0.05) is 54.6 Å². The lowest BCUT2D eigenvalue weighted by Gasteiger charge is -2.11. The molecule has 1 aromatic heterocycles. The van der Waals surface area contributed by atoms with Crippen LogP contribution in [0, 0.1) is 5.92 Å². The van der Waals surface area contributed by atoms with Crippen molar-refractivity contribution < 1.29 is 29.7 Å². The molecule has 0 aliphatic rings. The molecule has 12 nitrogen and oxygen atoms in total. The van der Waals surface area contributed by atoms with E-state index in [9.17, 15) is 4.79 Å². The first-order valence-electron chi connectivity index (χ1n) is 10.1. The maximum Gasteiger partial charge on any atom is 0.322 e. The molecule has 0 bridgehead atoms. The molecule has 0 saturated carbocycles. The topological polar surface area (TPSA) is 227 Å². The zero-order chi connectivity index (χ0) is 25.5. The lowest BCUT2D eigenvalue weighted by Crippen LogP contribution is -2.32. The van der Waals surface area contributed by atoms with E-state index in [1.54, 1.807) is 0 Å². The Morgan fingerprint density at radius 3 is 1.97 bits per heavy atom. The molecular weight excluding hydrogens is 452 g/mol. The summed E-state index contributed by atoms with van der Waals surface area (Å²) < 4.78 is 5.20. The molecule has 0 fully saturated rings. The third-order valence-corrected chi connectivity index (χ3v) is 3.78. The molecule has 11 N–H and O–H groups in total. The van der Waals surface area contributed by atoms with E-state index < -0.39 is 5.97 Å². The standard InChI is InChI=1S/C14H15N3O3S.3C2H7NO/c1-9(14(21)15-8-12(18)19)7-11-16-13(17-20-11)10-5-3-2-4-6-10;3*3-1-2-4/h2-6,9H,7-8H2,1H3,(H,15,21)(H,18,19);3*4H,1-3H2. The van der Waals surface area contributed by atoms with E-state index in [0.29, 0.717) is 42.8 Å². The van der Waals surface area contributed by atoms with Gasteiger partial charge in [0.05, 0.1) is 24.8 Å². The SMILES string of the molecule is CC(Cc1nc(-c2ccccc2)no1)C(=S)NCC(=O)O.NCCO.NCCO.NCCO. The van der Waals surface area contributed by atoms with Gasteiger partial charge in [-0.05, 0) is 0 Å². The van der Waals surface area contributed by atoms with Gasteiger partial charge in [0.1, 0.15) is 6.54 Å². The van der Waals surface area contributed by atoms with E-state index in [1.165, 1.54) is 0 Å². The first kappa shape index (κ1) is 32.7. The van der Waals surface area contributed by atoms with Gasteiger partial charge in [-0.15, -0.1) is 0 Å². The van der Waals surface area contributed by atoms with Gasteiger partial charge in [0.2, 0.25) is 11.7 Å². The van der Waals surface area contributed by atoms with E-state index in [1.807, 2.05) is 37.3 Å². The van der Waals surface area contributed by atoms with E-state index in [4.69, 9.17) is 54.4 Å². The summed E-state index contributed by atoms with van der Waals surface area (Å²) >= 11 is 5.13. The molecule has 1 heterocycles. The highest BCUT2D eigenvalue weighted by Crippen LogP contribution is 2.16. The predicted octanol–water partition coefficient (Wildman–Crippen LogP) is -1.27. The molecule has 0 aliphatic carbocycles. The van der Waals surface area contributed by atoms with E-state index >= 15 is 0 Å². The van der Waals surface area contributed by atoms with Crippen LogP contribution in [-0.2, 0) is 11.2 Å². The second kappa shape index (κ2) is 22.7. The maximum absolute atomic E-state index is 10.5. The average Bonchev–Trinajstić information content (AvgIpc) is 3.31. The summed E-state index contributed by atoms with van der Waals surface area (Å²) in [5, 5.41) is 38.5. The molecule has 1 unspecified atom stereocenters. The molecule has 13 heteroatoms. The van der Waals surface area contributed by atoms with Crippen molar-refractivity contribution in [1.29, 1.82) is 0 Å². The number of nitrogens with one attached hydrogen (secondary N) is 1. The number of aromatic nitrogens is 2. The number of hydrogen-bond donors (Lipinski definition) is 8. The van der Waals surface area contributed by atoms with E-state index in [-0.39, 0.29) is 32.3 Å². The van der Waals surface area contributed by atoms with Gasteiger partial charge >= 0.3 is 5.97 Å². The Balaban J connectivity index is 0. The summed E-state index contributed by atoms with van der Waals surface area (Å²) in [6, 6.07) is 9.52. The molecule has 1 atom stereocenters. The Morgan fingerprint density at radius 2 is 1.55 bits per heavy atom. The Labute approximate surface area is 198 Å². The molecule has 0 saturated heterocycles. The number of carbonyl (C=O) groups is 1. The van der Waals surface area contributed by atoms with Crippen molar-refractivity contribution in [2.45, 2.75) is 13.3 Å². The van der Waals surface area contributed by atoms with Crippen molar-refractivity contribution in [3.05, 3.63) is 36.2 Å². The summed E-state index contributed by atoms with van der Waals surface area (Å²) in [5.74, 6) is -0.0276. The fourth-order valence-electron chi connectivity index (χ4n) is 1.73. The lowest BCUT2D eigenvalue weighted by molar-refractivity contribution is -0.135. The average molecular weight is 489 g/mol. The molecule has 33 heavy (non-hydrogen) atoms. The molecule has 1 aromatic carbocycles. The van der Waals surface area contributed by atoms with E-state index in [0.717, 1.165) is 5.56 Å². The third-order valence-electron chi connectivity index (χ3n) is 3.23. The minimum Gasteiger partial charge on any atom is -0.480 e. The lowest BCUT2D eigenvalue weighted by atomic mass is 10.1. The largest absolute Gasteiger partial charge is 0.480 e. The van der Waals surface area contributed by atoms with Crippen LogP contribution in [0.3, 0.4) is 0 Å². The summed E-state index contributed by atoms with van der Waals surface area (Å²) in [7, 11) is 0. The fourth-order valence-corrected chi connectivity index (χ4v) is 1.89. The monoisotopic (exact) mass is 488 g/mol. The van der Waals surface area contributed by atoms with Crippen LogP contribution in [0.1, 0.15) is 12.8 Å². The van der Waals surface area contributed by atoms with Crippen LogP contribution in [0.15, 0.2) is 34.9 Å². The first-order chi connectivity index (χ1) is 15.8. The molecule has 188 valence electrons. The van der Waals surface area contributed by atoms with Crippen LogP contribution < -0.4 is 22.5 Å². The summed E-state index contributed by atoms with van der Waals surface area (Å²) in [4.78, 5) is 15.3. The molecule has 0 radical (unpaired) electrons. The predicted molar refractivity (Wildman–Crippen MR) is 129 cm³/mol. The number of aliphatic hydroxyl groups excluding tert-OH is 3. The third kappa shape index (κ3) is 18.7. The zero-order valence-electron chi connectivity index (χ0n) is 18.8. The molecule has 2 aromatic rings. The number of thiocarbonyl (C=S) groups is 1. The number of carboxylic acid groups (broad SMARTS) is 1. The highest BCUT2D eigenvalue weighted by molar-refractivity contribution is 7.80. The quantitative estimate of drug-likeness (QED) is 0.193. The number of rotatable bonds is 9. The van der Waals surface area contributed by atoms with Gasteiger partial charge in [0.25, 0.3) is 0 Å². The van der Waals surface area contributed by atoms with Gasteiger partial charge in [0, 0.05) is 37.5 Å². The Kier molecular flexibility index (Phi) is 22.4. The zero-order valence-corrected chi connectivity index (χ0v) is 19.6. The summed E-state index contributed by atoms with van der Waals surface area (Å²) in [6.45, 7) is 3.10. The van der Waals surface area contributed by atoms with Gasteiger partial charge in [0.15, 0.2) is 0 Å². The number of benzene rings is 1. The van der Waals surface area contributed by atoms with Crippen molar-refractivity contribution >= 4 is 23.2 Å². The van der Waals surface area contributed by atoms with Crippen molar-refractivity contribution in [2.24, 2.45) is 23.1 Å².